The lowest BCUT2D eigenvalue weighted by Crippen LogP contribution is -2.40. The van der Waals surface area contributed by atoms with Gasteiger partial charge in [-0.25, -0.2) is 8.42 Å². The average Bonchev–Trinajstić information content (AvgIpc) is 3.38. The van der Waals surface area contributed by atoms with Crippen LogP contribution in [0.3, 0.4) is 0 Å². The number of nitrogens with zero attached hydrogens (tertiary/aromatic N) is 4. The number of aromatic nitrogens is 3. The number of hydrogen-bond donors (Lipinski definition) is 0. The van der Waals surface area contributed by atoms with Crippen LogP contribution >= 0.6 is 11.8 Å². The van der Waals surface area contributed by atoms with Crippen molar-refractivity contribution in [1.82, 2.24) is 19.1 Å². The zero-order chi connectivity index (χ0) is 18.9. The number of rotatable bonds is 5. The maximum absolute atomic E-state index is 13.0. The quantitative estimate of drug-likeness (QED) is 0.708. The van der Waals surface area contributed by atoms with Crippen LogP contribution in [0.15, 0.2) is 34.3 Å². The van der Waals surface area contributed by atoms with E-state index < -0.39 is 10.0 Å². The van der Waals surface area contributed by atoms with Gasteiger partial charge in [0.15, 0.2) is 11.0 Å². The van der Waals surface area contributed by atoms with Gasteiger partial charge in [0.2, 0.25) is 10.0 Å². The largest absolute Gasteiger partial charge is 0.379 e. The predicted molar refractivity (Wildman–Crippen MR) is 104 cm³/mol. The number of thioether (sulfide) groups is 1. The highest BCUT2D eigenvalue weighted by Gasteiger charge is 2.28. The van der Waals surface area contributed by atoms with Gasteiger partial charge in [0.1, 0.15) is 0 Å². The predicted octanol–water partition coefficient (Wildman–Crippen LogP) is 2.80. The molecule has 0 bridgehead atoms. The first-order chi connectivity index (χ1) is 13.1. The van der Waals surface area contributed by atoms with Crippen LogP contribution in [0.25, 0.3) is 11.4 Å². The Hall–Kier alpha value is -1.42. The van der Waals surface area contributed by atoms with Gasteiger partial charge in [-0.2, -0.15) is 4.31 Å². The summed E-state index contributed by atoms with van der Waals surface area (Å²) < 4.78 is 35.0. The Morgan fingerprint density at radius 2 is 1.89 bits per heavy atom. The third kappa shape index (κ3) is 3.65. The smallest absolute Gasteiger partial charge is 0.243 e. The van der Waals surface area contributed by atoms with Crippen LogP contribution in [-0.4, -0.2) is 60.0 Å². The van der Waals surface area contributed by atoms with E-state index in [1.54, 1.807) is 30.0 Å². The van der Waals surface area contributed by atoms with Crippen molar-refractivity contribution < 1.29 is 13.2 Å². The molecule has 1 aromatic heterocycles. The Labute approximate surface area is 164 Å². The molecule has 2 fully saturated rings. The van der Waals surface area contributed by atoms with E-state index in [-0.39, 0.29) is 0 Å². The van der Waals surface area contributed by atoms with Gasteiger partial charge in [-0.15, -0.1) is 10.2 Å². The van der Waals surface area contributed by atoms with Crippen LogP contribution in [0.4, 0.5) is 0 Å². The Bertz CT molecular complexity index is 901. The van der Waals surface area contributed by atoms with Crippen LogP contribution < -0.4 is 0 Å². The van der Waals surface area contributed by atoms with Crippen LogP contribution in [-0.2, 0) is 14.8 Å². The number of hydrogen-bond acceptors (Lipinski definition) is 6. The molecule has 2 aliphatic rings. The fraction of sp³-hybridized carbons (Fsp3) is 0.556. The molecular formula is C18H24N4O3S2. The van der Waals surface area contributed by atoms with Gasteiger partial charge in [0, 0.05) is 24.7 Å². The van der Waals surface area contributed by atoms with Crippen molar-refractivity contribution in [1.29, 1.82) is 0 Å². The molecule has 1 saturated heterocycles. The molecule has 9 heteroatoms. The highest BCUT2D eigenvalue weighted by atomic mass is 32.2. The highest BCUT2D eigenvalue weighted by molar-refractivity contribution is 7.98. The summed E-state index contributed by atoms with van der Waals surface area (Å²) in [6.45, 7) is 1.65. The molecule has 0 unspecified atom stereocenters. The number of ether oxygens (including phenoxy) is 1. The van der Waals surface area contributed by atoms with E-state index in [0.717, 1.165) is 29.4 Å². The second-order valence-electron chi connectivity index (χ2n) is 6.86. The van der Waals surface area contributed by atoms with Gasteiger partial charge in [0.05, 0.1) is 18.1 Å². The lowest BCUT2D eigenvalue weighted by atomic mass is 10.2. The number of benzene rings is 1. The lowest BCUT2D eigenvalue weighted by Gasteiger charge is -2.26. The first kappa shape index (κ1) is 18.9. The molecule has 146 valence electrons. The minimum Gasteiger partial charge on any atom is -0.379 e. The first-order valence-corrected chi connectivity index (χ1v) is 11.9. The number of sulfonamides is 1. The van der Waals surface area contributed by atoms with E-state index in [0.29, 0.717) is 37.2 Å². The molecule has 2 heterocycles. The number of morpholine rings is 1. The fourth-order valence-electron chi connectivity index (χ4n) is 3.84. The summed E-state index contributed by atoms with van der Waals surface area (Å²) in [6.07, 6.45) is 6.65. The maximum Gasteiger partial charge on any atom is 0.243 e. The van der Waals surface area contributed by atoms with Gasteiger partial charge in [-0.05, 0) is 31.2 Å². The molecule has 2 aromatic rings. The van der Waals surface area contributed by atoms with Gasteiger partial charge in [0.25, 0.3) is 0 Å². The third-order valence-corrected chi connectivity index (χ3v) is 7.78. The Morgan fingerprint density at radius 1 is 1.15 bits per heavy atom. The lowest BCUT2D eigenvalue weighted by molar-refractivity contribution is 0.0730. The summed E-state index contributed by atoms with van der Waals surface area (Å²) in [7, 11) is -3.53. The summed E-state index contributed by atoms with van der Waals surface area (Å²) in [5.41, 5.74) is 0.795. The highest BCUT2D eigenvalue weighted by Crippen LogP contribution is 2.36. The molecule has 4 rings (SSSR count). The van der Waals surface area contributed by atoms with Crippen molar-refractivity contribution >= 4 is 21.8 Å². The summed E-state index contributed by atoms with van der Waals surface area (Å²) in [6, 6.07) is 7.47. The van der Waals surface area contributed by atoms with Gasteiger partial charge >= 0.3 is 0 Å². The Balaban J connectivity index is 1.72. The average molecular weight is 409 g/mol. The van der Waals surface area contributed by atoms with Crippen molar-refractivity contribution in [3.8, 4) is 11.4 Å². The minimum atomic E-state index is -3.53. The zero-order valence-electron chi connectivity index (χ0n) is 15.4. The normalized spacial score (nSPS) is 19.6. The summed E-state index contributed by atoms with van der Waals surface area (Å²) in [4.78, 5) is 0.300. The van der Waals surface area contributed by atoms with E-state index in [1.165, 1.54) is 17.1 Å². The fourth-order valence-corrected chi connectivity index (χ4v) is 5.85. The van der Waals surface area contributed by atoms with Gasteiger partial charge < -0.3 is 4.74 Å². The zero-order valence-corrected chi connectivity index (χ0v) is 17.0. The summed E-state index contributed by atoms with van der Waals surface area (Å²) in [5, 5.41) is 9.63. The molecule has 0 atom stereocenters. The molecular weight excluding hydrogens is 384 g/mol. The standard InChI is InChI=1S/C18H24N4O3S2/c1-26-18-20-19-17(22(18)15-6-2-3-7-15)14-5-4-8-16(13-14)27(23,24)21-9-11-25-12-10-21/h4-5,8,13,15H,2-3,6-7,9-12H2,1H3. The van der Waals surface area contributed by atoms with Crippen molar-refractivity contribution in [2.24, 2.45) is 0 Å². The Morgan fingerprint density at radius 3 is 2.59 bits per heavy atom. The third-order valence-electron chi connectivity index (χ3n) is 5.24. The molecule has 0 spiro atoms. The molecule has 1 aliphatic carbocycles. The van der Waals surface area contributed by atoms with Crippen LogP contribution in [0.1, 0.15) is 31.7 Å². The first-order valence-electron chi connectivity index (χ1n) is 9.28. The SMILES string of the molecule is CSc1nnc(-c2cccc(S(=O)(=O)N3CCOCC3)c2)n1C1CCCC1. The van der Waals surface area contributed by atoms with Gasteiger partial charge in [-0.1, -0.05) is 36.7 Å². The topological polar surface area (TPSA) is 77.3 Å². The van der Waals surface area contributed by atoms with Crippen molar-refractivity contribution in [2.45, 2.75) is 41.8 Å². The molecule has 0 N–H and O–H groups in total. The van der Waals surface area contributed by atoms with Crippen LogP contribution in [0.5, 0.6) is 0 Å². The van der Waals surface area contributed by atoms with E-state index in [2.05, 4.69) is 14.8 Å². The molecule has 0 radical (unpaired) electrons. The van der Waals surface area contributed by atoms with Crippen molar-refractivity contribution in [3.63, 3.8) is 0 Å². The molecule has 1 saturated carbocycles. The molecule has 7 nitrogen and oxygen atoms in total. The molecule has 1 aliphatic heterocycles. The second kappa shape index (κ2) is 7.90. The summed E-state index contributed by atoms with van der Waals surface area (Å²) >= 11 is 1.58. The molecule has 0 amide bonds. The summed E-state index contributed by atoms with van der Waals surface area (Å²) in [5.74, 6) is 0.755. The minimum absolute atomic E-state index is 0.300. The molecule has 1 aromatic carbocycles. The van der Waals surface area contributed by atoms with Crippen molar-refractivity contribution in [3.05, 3.63) is 24.3 Å². The van der Waals surface area contributed by atoms with Crippen molar-refractivity contribution in [2.75, 3.05) is 32.6 Å². The van der Waals surface area contributed by atoms with E-state index in [1.807, 2.05) is 12.3 Å². The van der Waals surface area contributed by atoms with Crippen LogP contribution in [0.2, 0.25) is 0 Å². The van der Waals surface area contributed by atoms with E-state index in [4.69, 9.17) is 4.74 Å². The second-order valence-corrected chi connectivity index (χ2v) is 9.57. The monoisotopic (exact) mass is 408 g/mol. The van der Waals surface area contributed by atoms with E-state index >= 15 is 0 Å². The van der Waals surface area contributed by atoms with Gasteiger partial charge in [-0.3, -0.25) is 4.57 Å². The van der Waals surface area contributed by atoms with E-state index in [9.17, 15) is 8.42 Å². The Kier molecular flexibility index (Phi) is 5.54. The molecule has 27 heavy (non-hydrogen) atoms. The maximum atomic E-state index is 13.0. The van der Waals surface area contributed by atoms with Crippen LogP contribution in [0, 0.1) is 0 Å².